The Balaban J connectivity index is 1.62. The molecule has 2 atom stereocenters. The predicted octanol–water partition coefficient (Wildman–Crippen LogP) is 6.27. The molecule has 35 heavy (non-hydrogen) atoms. The number of hydrogen-bond donors (Lipinski definition) is 1. The predicted molar refractivity (Wildman–Crippen MR) is 130 cm³/mol. The second kappa shape index (κ2) is 8.88. The van der Waals surface area contributed by atoms with Crippen molar-refractivity contribution in [2.45, 2.75) is 38.7 Å². The van der Waals surface area contributed by atoms with Crippen molar-refractivity contribution in [1.82, 2.24) is 19.8 Å². The average molecular weight is 497 g/mol. The van der Waals surface area contributed by atoms with E-state index in [1.807, 2.05) is 59.7 Å². The zero-order chi connectivity index (χ0) is 24.7. The molecule has 0 amide bonds. The van der Waals surface area contributed by atoms with Gasteiger partial charge in [-0.05, 0) is 80.2 Å². The van der Waals surface area contributed by atoms with Gasteiger partial charge in [0.1, 0.15) is 5.76 Å². The fourth-order valence-electron chi connectivity index (χ4n) is 4.79. The van der Waals surface area contributed by atoms with Crippen LogP contribution in [0.1, 0.15) is 46.1 Å². The lowest BCUT2D eigenvalue weighted by Gasteiger charge is -2.27. The van der Waals surface area contributed by atoms with E-state index in [0.29, 0.717) is 17.3 Å². The second-order valence-corrected chi connectivity index (χ2v) is 8.93. The zero-order valence-corrected chi connectivity index (χ0v) is 19.9. The Bertz CT molecular complexity index is 1350. The molecule has 0 aliphatic carbocycles. The van der Waals surface area contributed by atoms with Crippen molar-refractivity contribution >= 4 is 17.3 Å². The molecule has 0 saturated carbocycles. The molecule has 0 radical (unpaired) electrons. The number of nitrogens with zero attached hydrogens (tertiary/aromatic N) is 3. The molecule has 1 aliphatic heterocycles. The Hall–Kier alpha value is -3.59. The van der Waals surface area contributed by atoms with Crippen molar-refractivity contribution in [3.05, 3.63) is 107 Å². The molecule has 5 rings (SSSR count). The number of thiocarbonyl (C=S) groups is 1. The second-order valence-electron chi connectivity index (χ2n) is 8.54. The van der Waals surface area contributed by atoms with Crippen molar-refractivity contribution in [1.29, 1.82) is 0 Å². The molecule has 4 aromatic rings. The van der Waals surface area contributed by atoms with E-state index in [2.05, 4.69) is 10.3 Å². The summed E-state index contributed by atoms with van der Waals surface area (Å²) in [5.41, 5.74) is 3.22. The Kier molecular flexibility index (Phi) is 5.88. The van der Waals surface area contributed by atoms with Gasteiger partial charge in [-0.1, -0.05) is 12.1 Å². The minimum Gasteiger partial charge on any atom is -0.467 e. The van der Waals surface area contributed by atoms with E-state index >= 15 is 0 Å². The third-order valence-electron chi connectivity index (χ3n) is 6.32. The summed E-state index contributed by atoms with van der Waals surface area (Å²) in [5.74, 6) is 0.757. The Morgan fingerprint density at radius 2 is 1.89 bits per heavy atom. The van der Waals surface area contributed by atoms with Crippen LogP contribution in [0.5, 0.6) is 0 Å². The van der Waals surface area contributed by atoms with Crippen LogP contribution < -0.4 is 5.32 Å². The molecule has 0 spiro atoms. The first-order valence-corrected chi connectivity index (χ1v) is 11.5. The Labute approximate surface area is 206 Å². The molecule has 4 heterocycles. The number of nitrogens with one attached hydrogen (secondary N) is 1. The number of rotatable bonds is 5. The van der Waals surface area contributed by atoms with Crippen LogP contribution in [0.4, 0.5) is 13.2 Å². The number of benzene rings is 1. The van der Waals surface area contributed by atoms with Gasteiger partial charge in [0.2, 0.25) is 0 Å². The number of halogens is 3. The van der Waals surface area contributed by atoms with E-state index in [4.69, 9.17) is 16.6 Å². The van der Waals surface area contributed by atoms with Gasteiger partial charge in [-0.25, -0.2) is 0 Å². The van der Waals surface area contributed by atoms with Crippen LogP contribution in [0.15, 0.2) is 77.5 Å². The van der Waals surface area contributed by atoms with E-state index in [9.17, 15) is 13.2 Å². The quantitative estimate of drug-likeness (QED) is 0.330. The molecular formula is C26H23F3N4OS. The van der Waals surface area contributed by atoms with E-state index < -0.39 is 11.7 Å². The lowest BCUT2D eigenvalue weighted by molar-refractivity contribution is -0.137. The standard InChI is InChI=1S/C26H23F3N4OS/c1-16-13-21(17(2)33(16)19-8-5-7-18(14-19)26(27,28)29)24-23(22-10-3-4-11-30-22)31-25(35)32(24)15-20-9-6-12-34-20/h3-14,23-24H,15H2,1-2H3,(H,31,35)/t23-,24+/m0/s1. The van der Waals surface area contributed by atoms with Crippen molar-refractivity contribution < 1.29 is 17.6 Å². The summed E-state index contributed by atoms with van der Waals surface area (Å²) in [6.45, 7) is 4.26. The first-order chi connectivity index (χ1) is 16.7. The minimum absolute atomic E-state index is 0.242. The highest BCUT2D eigenvalue weighted by Crippen LogP contribution is 2.42. The average Bonchev–Trinajstić information content (AvgIpc) is 3.53. The van der Waals surface area contributed by atoms with E-state index in [1.165, 1.54) is 12.1 Å². The SMILES string of the molecule is Cc1cc([C@@H]2[C@H](c3ccccn3)NC(=S)N2Cc2ccco2)c(C)n1-c1cccc(C(F)(F)F)c1. The van der Waals surface area contributed by atoms with Gasteiger partial charge in [-0.15, -0.1) is 0 Å². The van der Waals surface area contributed by atoms with Gasteiger partial charge < -0.3 is 19.2 Å². The van der Waals surface area contributed by atoms with Crippen molar-refractivity contribution in [2.24, 2.45) is 0 Å². The van der Waals surface area contributed by atoms with Gasteiger partial charge >= 0.3 is 6.18 Å². The Morgan fingerprint density at radius 3 is 2.57 bits per heavy atom. The number of furan rings is 1. The van der Waals surface area contributed by atoms with Crippen LogP contribution in [0, 0.1) is 13.8 Å². The van der Waals surface area contributed by atoms with Crippen molar-refractivity contribution in [2.75, 3.05) is 0 Å². The van der Waals surface area contributed by atoms with Crippen LogP contribution in [-0.4, -0.2) is 19.6 Å². The highest BCUT2D eigenvalue weighted by molar-refractivity contribution is 7.80. The molecule has 1 saturated heterocycles. The third kappa shape index (κ3) is 4.32. The molecule has 180 valence electrons. The molecule has 0 bridgehead atoms. The fourth-order valence-corrected chi connectivity index (χ4v) is 5.10. The number of hydrogen-bond acceptors (Lipinski definition) is 3. The smallest absolute Gasteiger partial charge is 0.416 e. The van der Waals surface area contributed by atoms with E-state index in [0.717, 1.165) is 34.5 Å². The summed E-state index contributed by atoms with van der Waals surface area (Å²) in [5, 5.41) is 3.96. The van der Waals surface area contributed by atoms with Crippen molar-refractivity contribution in [3.8, 4) is 5.69 Å². The number of alkyl halides is 3. The third-order valence-corrected chi connectivity index (χ3v) is 6.68. The topological polar surface area (TPSA) is 46.2 Å². The van der Waals surface area contributed by atoms with Gasteiger partial charge in [0, 0.05) is 23.3 Å². The summed E-state index contributed by atoms with van der Waals surface area (Å²) in [6, 6.07) is 16.3. The van der Waals surface area contributed by atoms with Crippen LogP contribution in [-0.2, 0) is 12.7 Å². The lowest BCUT2D eigenvalue weighted by atomic mass is 9.96. The molecule has 5 nitrogen and oxygen atoms in total. The lowest BCUT2D eigenvalue weighted by Crippen LogP contribution is -2.29. The summed E-state index contributed by atoms with van der Waals surface area (Å²) in [4.78, 5) is 6.60. The van der Waals surface area contributed by atoms with Gasteiger partial charge in [0.15, 0.2) is 5.11 Å². The largest absolute Gasteiger partial charge is 0.467 e. The normalized spacial score (nSPS) is 18.2. The molecule has 1 aromatic carbocycles. The first-order valence-electron chi connectivity index (χ1n) is 11.1. The molecular weight excluding hydrogens is 473 g/mol. The molecule has 3 aromatic heterocycles. The number of aryl methyl sites for hydroxylation is 1. The molecule has 1 aliphatic rings. The molecule has 1 fully saturated rings. The summed E-state index contributed by atoms with van der Waals surface area (Å²) in [6.07, 6.45) is -1.07. The summed E-state index contributed by atoms with van der Waals surface area (Å²) in [7, 11) is 0. The molecule has 0 unspecified atom stereocenters. The van der Waals surface area contributed by atoms with Crippen LogP contribution >= 0.6 is 12.2 Å². The van der Waals surface area contributed by atoms with Gasteiger partial charge in [0.05, 0.1) is 36.1 Å². The van der Waals surface area contributed by atoms with Crippen molar-refractivity contribution in [3.63, 3.8) is 0 Å². The van der Waals surface area contributed by atoms with Crippen LogP contribution in [0.2, 0.25) is 0 Å². The van der Waals surface area contributed by atoms with Crippen LogP contribution in [0.25, 0.3) is 5.69 Å². The highest BCUT2D eigenvalue weighted by atomic mass is 32.1. The maximum absolute atomic E-state index is 13.4. The van der Waals surface area contributed by atoms with E-state index in [-0.39, 0.29) is 12.1 Å². The minimum atomic E-state index is -4.42. The maximum Gasteiger partial charge on any atom is 0.416 e. The monoisotopic (exact) mass is 496 g/mol. The zero-order valence-electron chi connectivity index (χ0n) is 19.1. The first kappa shape index (κ1) is 23.2. The molecule has 1 N–H and O–H groups in total. The van der Waals surface area contributed by atoms with Gasteiger partial charge in [-0.2, -0.15) is 13.2 Å². The van der Waals surface area contributed by atoms with Gasteiger partial charge in [-0.3, -0.25) is 4.98 Å². The summed E-state index contributed by atoms with van der Waals surface area (Å²) >= 11 is 5.72. The summed E-state index contributed by atoms with van der Waals surface area (Å²) < 4.78 is 47.6. The van der Waals surface area contributed by atoms with E-state index in [1.54, 1.807) is 18.5 Å². The van der Waals surface area contributed by atoms with Gasteiger partial charge in [0.25, 0.3) is 0 Å². The Morgan fingerprint density at radius 1 is 1.06 bits per heavy atom. The van der Waals surface area contributed by atoms with Crippen LogP contribution in [0.3, 0.4) is 0 Å². The number of pyridine rings is 1. The number of aromatic nitrogens is 2. The highest BCUT2D eigenvalue weighted by Gasteiger charge is 2.42. The molecule has 9 heteroatoms. The maximum atomic E-state index is 13.4. The fraction of sp³-hybridized carbons (Fsp3) is 0.231.